The Hall–Kier alpha value is -3.75. The molecule has 0 saturated carbocycles. The van der Waals surface area contributed by atoms with E-state index in [0.29, 0.717) is 29.0 Å². The van der Waals surface area contributed by atoms with Gasteiger partial charge in [-0.05, 0) is 63.6 Å². The zero-order valence-corrected chi connectivity index (χ0v) is 19.2. The Balaban J connectivity index is 1.88. The van der Waals surface area contributed by atoms with Gasteiger partial charge in [-0.25, -0.2) is 14.2 Å². The van der Waals surface area contributed by atoms with E-state index in [0.717, 1.165) is 11.6 Å². The van der Waals surface area contributed by atoms with Crippen molar-refractivity contribution in [1.82, 2.24) is 9.55 Å². The maximum Gasteiger partial charge on any atom is 0.338 e. The molecule has 3 aromatic rings. The van der Waals surface area contributed by atoms with Gasteiger partial charge in [0.2, 0.25) is 0 Å². The molecule has 33 heavy (non-hydrogen) atoms. The molecule has 0 fully saturated rings. The number of benzene rings is 2. The maximum atomic E-state index is 14.1. The lowest BCUT2D eigenvalue weighted by atomic mass is 9.98. The normalized spacial score (nSPS) is 11.5. The third-order valence-electron chi connectivity index (χ3n) is 5.19. The minimum absolute atomic E-state index is 0.233. The zero-order valence-electron chi connectivity index (χ0n) is 19.2. The predicted octanol–water partition coefficient (Wildman–Crippen LogP) is 3.73. The molecule has 0 aliphatic rings. The number of hydrogen-bond donors (Lipinski definition) is 1. The van der Waals surface area contributed by atoms with Crippen molar-refractivity contribution < 1.29 is 23.8 Å². The molecule has 0 atom stereocenters. The monoisotopic (exact) mass is 455 g/mol. The zero-order chi connectivity index (χ0) is 24.5. The molecular weight excluding hydrogens is 429 g/mol. The summed E-state index contributed by atoms with van der Waals surface area (Å²) in [6, 6.07) is 9.14. The molecule has 0 spiro atoms. The highest BCUT2D eigenvalue weighted by molar-refractivity contribution is 5.88. The summed E-state index contributed by atoms with van der Waals surface area (Å²) < 4.78 is 20.6. The number of carboxylic acids is 1. The molecule has 9 heteroatoms. The summed E-state index contributed by atoms with van der Waals surface area (Å²) in [7, 11) is 1.73. The van der Waals surface area contributed by atoms with E-state index in [1.807, 2.05) is 6.07 Å². The molecule has 0 aliphatic heterocycles. The fraction of sp³-hybridized carbons (Fsp3) is 0.333. The second-order valence-corrected chi connectivity index (χ2v) is 8.88. The minimum atomic E-state index is -1.33. The number of nitrogens with zero attached hydrogens (tertiary/aromatic N) is 3. The number of carbonyl (C=O) groups excluding carboxylic acids is 1. The van der Waals surface area contributed by atoms with Crippen molar-refractivity contribution in [3.05, 3.63) is 69.5 Å². The summed E-state index contributed by atoms with van der Waals surface area (Å²) in [6.07, 6.45) is 0. The van der Waals surface area contributed by atoms with E-state index in [1.165, 1.54) is 16.7 Å². The number of anilines is 1. The number of aromatic nitrogens is 2. The number of aromatic carboxylic acids is 1. The molecule has 3 rings (SSSR count). The van der Waals surface area contributed by atoms with Crippen LogP contribution < -0.4 is 10.5 Å². The van der Waals surface area contributed by atoms with E-state index in [4.69, 9.17) is 9.84 Å². The minimum Gasteiger partial charge on any atom is -0.478 e. The molecular formula is C24H26FN3O5. The average Bonchev–Trinajstić information content (AvgIpc) is 2.72. The van der Waals surface area contributed by atoms with Crippen LogP contribution in [0.15, 0.2) is 41.2 Å². The van der Waals surface area contributed by atoms with Crippen molar-refractivity contribution in [3.63, 3.8) is 0 Å². The van der Waals surface area contributed by atoms with Crippen molar-refractivity contribution in [2.45, 2.75) is 41.0 Å². The number of hydrogen-bond acceptors (Lipinski definition) is 6. The Morgan fingerprint density at radius 3 is 2.48 bits per heavy atom. The van der Waals surface area contributed by atoms with Crippen LogP contribution in [-0.2, 0) is 22.8 Å². The molecule has 2 aromatic carbocycles. The van der Waals surface area contributed by atoms with E-state index in [2.05, 4.69) is 4.98 Å². The first-order chi connectivity index (χ1) is 15.4. The molecule has 0 bridgehead atoms. The lowest BCUT2D eigenvalue weighted by molar-refractivity contribution is -0.157. The Morgan fingerprint density at radius 1 is 1.18 bits per heavy atom. The molecule has 0 amide bonds. The smallest absolute Gasteiger partial charge is 0.338 e. The van der Waals surface area contributed by atoms with Crippen LogP contribution >= 0.6 is 0 Å². The maximum absolute atomic E-state index is 14.1. The van der Waals surface area contributed by atoms with E-state index in [-0.39, 0.29) is 12.3 Å². The van der Waals surface area contributed by atoms with Crippen LogP contribution in [0, 0.1) is 18.2 Å². The summed E-state index contributed by atoms with van der Waals surface area (Å²) >= 11 is 0. The van der Waals surface area contributed by atoms with Crippen molar-refractivity contribution in [1.29, 1.82) is 0 Å². The number of aryl methyl sites for hydroxylation is 1. The third kappa shape index (κ3) is 5.19. The SMILES string of the molecule is Cc1nc2ccc(CN(C)c3ccc(C(=O)O)c(F)c3)cc2c(=O)n1COC(=O)C(C)(C)C. The summed E-state index contributed by atoms with van der Waals surface area (Å²) in [5.74, 6) is -2.15. The second kappa shape index (κ2) is 9.01. The van der Waals surface area contributed by atoms with Gasteiger partial charge in [0, 0.05) is 19.3 Å². The van der Waals surface area contributed by atoms with Crippen LogP contribution in [0.25, 0.3) is 10.9 Å². The highest BCUT2D eigenvalue weighted by atomic mass is 19.1. The van der Waals surface area contributed by atoms with Crippen LogP contribution in [0.1, 0.15) is 42.5 Å². The van der Waals surface area contributed by atoms with Gasteiger partial charge in [-0.3, -0.25) is 14.2 Å². The standard InChI is InChI=1S/C24H26FN3O5/c1-14-26-20-9-6-15(12-27(5)16-7-8-17(22(30)31)19(25)11-16)10-18(20)21(29)28(14)13-33-23(32)24(2,3)4/h6-11H,12-13H2,1-5H3,(H,30,31). The van der Waals surface area contributed by atoms with Crippen LogP contribution in [0.4, 0.5) is 10.1 Å². The molecule has 1 N–H and O–H groups in total. The van der Waals surface area contributed by atoms with Gasteiger partial charge in [-0.15, -0.1) is 0 Å². The molecule has 0 saturated heterocycles. The number of carboxylic acid groups (broad SMARTS) is 1. The Bertz CT molecular complexity index is 1290. The summed E-state index contributed by atoms with van der Waals surface area (Å²) in [6.45, 7) is 6.97. The molecule has 1 aromatic heterocycles. The van der Waals surface area contributed by atoms with Gasteiger partial charge >= 0.3 is 11.9 Å². The largest absolute Gasteiger partial charge is 0.478 e. The summed E-state index contributed by atoms with van der Waals surface area (Å²) in [5.41, 5.74) is 0.355. The topological polar surface area (TPSA) is 102 Å². The van der Waals surface area contributed by atoms with Gasteiger partial charge in [-0.1, -0.05) is 6.07 Å². The number of halogens is 1. The molecule has 174 valence electrons. The second-order valence-electron chi connectivity index (χ2n) is 8.88. The molecule has 0 unspecified atom stereocenters. The van der Waals surface area contributed by atoms with E-state index in [9.17, 15) is 18.8 Å². The predicted molar refractivity (Wildman–Crippen MR) is 122 cm³/mol. The van der Waals surface area contributed by atoms with E-state index >= 15 is 0 Å². The van der Waals surface area contributed by atoms with Crippen molar-refractivity contribution in [2.24, 2.45) is 5.41 Å². The van der Waals surface area contributed by atoms with Crippen molar-refractivity contribution in [3.8, 4) is 0 Å². The number of rotatable bonds is 6. The number of fused-ring (bicyclic) bond motifs is 1. The Labute approximate surface area is 190 Å². The Kier molecular flexibility index (Phi) is 6.53. The fourth-order valence-corrected chi connectivity index (χ4v) is 3.25. The van der Waals surface area contributed by atoms with Crippen LogP contribution in [0.5, 0.6) is 0 Å². The number of carbonyl (C=O) groups is 2. The quantitative estimate of drug-likeness (QED) is 0.565. The van der Waals surface area contributed by atoms with Crippen LogP contribution in [0.3, 0.4) is 0 Å². The molecule has 0 radical (unpaired) electrons. The Morgan fingerprint density at radius 2 is 1.88 bits per heavy atom. The van der Waals surface area contributed by atoms with Gasteiger partial charge in [0.15, 0.2) is 6.73 Å². The van der Waals surface area contributed by atoms with Gasteiger partial charge in [0.1, 0.15) is 11.6 Å². The highest BCUT2D eigenvalue weighted by Gasteiger charge is 2.23. The third-order valence-corrected chi connectivity index (χ3v) is 5.19. The van der Waals surface area contributed by atoms with Gasteiger partial charge < -0.3 is 14.7 Å². The number of ether oxygens (including phenoxy) is 1. The highest BCUT2D eigenvalue weighted by Crippen LogP contribution is 2.21. The fourth-order valence-electron chi connectivity index (χ4n) is 3.25. The number of esters is 1. The average molecular weight is 455 g/mol. The van der Waals surface area contributed by atoms with Gasteiger partial charge in [0.25, 0.3) is 5.56 Å². The first-order valence-corrected chi connectivity index (χ1v) is 10.3. The molecule has 8 nitrogen and oxygen atoms in total. The summed E-state index contributed by atoms with van der Waals surface area (Å²) in [4.78, 5) is 42.4. The molecule has 0 aliphatic carbocycles. The van der Waals surface area contributed by atoms with Crippen molar-refractivity contribution >= 4 is 28.5 Å². The lowest BCUT2D eigenvalue weighted by Crippen LogP contribution is -2.30. The van der Waals surface area contributed by atoms with E-state index in [1.54, 1.807) is 51.8 Å². The van der Waals surface area contributed by atoms with Crippen molar-refractivity contribution in [2.75, 3.05) is 11.9 Å². The first kappa shape index (κ1) is 23.9. The van der Waals surface area contributed by atoms with E-state index < -0.39 is 28.7 Å². The summed E-state index contributed by atoms with van der Waals surface area (Å²) in [5, 5.41) is 9.35. The van der Waals surface area contributed by atoms with Crippen LogP contribution in [0.2, 0.25) is 0 Å². The van der Waals surface area contributed by atoms with Gasteiger partial charge in [0.05, 0.1) is 21.9 Å². The van der Waals surface area contributed by atoms with Crippen LogP contribution in [-0.4, -0.2) is 33.6 Å². The first-order valence-electron chi connectivity index (χ1n) is 10.3. The lowest BCUT2D eigenvalue weighted by Gasteiger charge is -2.20. The van der Waals surface area contributed by atoms with Gasteiger partial charge in [-0.2, -0.15) is 0 Å². The molecule has 1 heterocycles.